The number of nitrogens with one attached hydrogen (secondary N) is 1. The summed E-state index contributed by atoms with van der Waals surface area (Å²) in [5.41, 5.74) is 0. The van der Waals surface area contributed by atoms with E-state index in [1.807, 2.05) is 0 Å². The van der Waals surface area contributed by atoms with Gasteiger partial charge in [-0.15, -0.1) is 0 Å². The maximum atomic E-state index is 3.65. The summed E-state index contributed by atoms with van der Waals surface area (Å²) in [7, 11) is 2.26. The van der Waals surface area contributed by atoms with E-state index in [-0.39, 0.29) is 0 Å². The molecule has 3 unspecified atom stereocenters. The molecule has 2 nitrogen and oxygen atoms in total. The van der Waals surface area contributed by atoms with Crippen LogP contribution in [0, 0.1) is 11.8 Å². The molecule has 0 bridgehead atoms. The van der Waals surface area contributed by atoms with E-state index < -0.39 is 0 Å². The third-order valence-electron chi connectivity index (χ3n) is 3.76. The van der Waals surface area contributed by atoms with Gasteiger partial charge in [0.2, 0.25) is 0 Å². The Morgan fingerprint density at radius 2 is 2.20 bits per heavy atom. The summed E-state index contributed by atoms with van der Waals surface area (Å²) in [6.45, 7) is 10.7. The fourth-order valence-corrected chi connectivity index (χ4v) is 2.43. The largest absolute Gasteiger partial charge is 0.312 e. The SMILES string of the molecule is CCC(C)CN(C)CC1NCCCC1C. The Balaban J connectivity index is 2.26. The summed E-state index contributed by atoms with van der Waals surface area (Å²) in [6, 6.07) is 0.716. The molecule has 0 radical (unpaired) electrons. The summed E-state index contributed by atoms with van der Waals surface area (Å²) in [4.78, 5) is 2.49. The lowest BCUT2D eigenvalue weighted by Crippen LogP contribution is -2.47. The van der Waals surface area contributed by atoms with Crippen LogP contribution in [-0.2, 0) is 0 Å². The number of hydrogen-bond acceptors (Lipinski definition) is 2. The number of likely N-dealkylation sites (N-methyl/N-ethyl adjacent to an activating group) is 1. The van der Waals surface area contributed by atoms with Crippen molar-refractivity contribution in [2.24, 2.45) is 11.8 Å². The van der Waals surface area contributed by atoms with Gasteiger partial charge in [0.05, 0.1) is 0 Å². The van der Waals surface area contributed by atoms with Crippen LogP contribution in [0.1, 0.15) is 40.0 Å². The molecule has 15 heavy (non-hydrogen) atoms. The zero-order valence-electron chi connectivity index (χ0n) is 10.9. The number of hydrogen-bond donors (Lipinski definition) is 1. The van der Waals surface area contributed by atoms with Gasteiger partial charge in [-0.1, -0.05) is 27.2 Å². The summed E-state index contributed by atoms with van der Waals surface area (Å²) >= 11 is 0. The molecular formula is C13H28N2. The van der Waals surface area contributed by atoms with E-state index in [2.05, 4.69) is 38.0 Å². The molecule has 2 heteroatoms. The molecule has 1 N–H and O–H groups in total. The molecule has 1 aliphatic heterocycles. The Bertz CT molecular complexity index is 170. The Morgan fingerprint density at radius 1 is 1.47 bits per heavy atom. The van der Waals surface area contributed by atoms with E-state index in [1.54, 1.807) is 0 Å². The van der Waals surface area contributed by atoms with Crippen LogP contribution < -0.4 is 5.32 Å². The molecule has 1 aliphatic rings. The van der Waals surface area contributed by atoms with Crippen molar-refractivity contribution in [3.63, 3.8) is 0 Å². The lowest BCUT2D eigenvalue weighted by Gasteiger charge is -2.34. The molecule has 1 heterocycles. The van der Waals surface area contributed by atoms with Crippen LogP contribution in [0.2, 0.25) is 0 Å². The monoisotopic (exact) mass is 212 g/mol. The second-order valence-corrected chi connectivity index (χ2v) is 5.41. The smallest absolute Gasteiger partial charge is 0.0220 e. The highest BCUT2D eigenvalue weighted by molar-refractivity contribution is 4.80. The standard InChI is InChI=1S/C13H28N2/c1-5-11(2)9-15(4)10-13-12(3)7-6-8-14-13/h11-14H,5-10H2,1-4H3. The average Bonchev–Trinajstić information content (AvgIpc) is 2.21. The summed E-state index contributed by atoms with van der Waals surface area (Å²) in [6.07, 6.45) is 4.04. The van der Waals surface area contributed by atoms with E-state index >= 15 is 0 Å². The summed E-state index contributed by atoms with van der Waals surface area (Å²) in [5, 5.41) is 3.65. The molecule has 90 valence electrons. The Morgan fingerprint density at radius 3 is 2.80 bits per heavy atom. The number of piperidine rings is 1. The van der Waals surface area contributed by atoms with E-state index in [0.29, 0.717) is 6.04 Å². The van der Waals surface area contributed by atoms with Gasteiger partial charge in [0.15, 0.2) is 0 Å². The molecule has 0 aromatic heterocycles. The molecule has 0 aromatic rings. The zero-order valence-corrected chi connectivity index (χ0v) is 10.9. The van der Waals surface area contributed by atoms with Crippen molar-refractivity contribution in [1.82, 2.24) is 10.2 Å². The fourth-order valence-electron chi connectivity index (χ4n) is 2.43. The minimum absolute atomic E-state index is 0.716. The Kier molecular flexibility index (Phi) is 5.62. The minimum Gasteiger partial charge on any atom is -0.312 e. The van der Waals surface area contributed by atoms with Crippen molar-refractivity contribution in [2.45, 2.75) is 46.1 Å². The predicted octanol–water partition coefficient (Wildman–Crippen LogP) is 2.35. The van der Waals surface area contributed by atoms with Crippen molar-refractivity contribution in [3.8, 4) is 0 Å². The summed E-state index contributed by atoms with van der Waals surface area (Å²) in [5.74, 6) is 1.67. The van der Waals surface area contributed by atoms with Crippen LogP contribution in [0.5, 0.6) is 0 Å². The third-order valence-corrected chi connectivity index (χ3v) is 3.76. The molecule has 0 spiro atoms. The highest BCUT2D eigenvalue weighted by atomic mass is 15.1. The van der Waals surface area contributed by atoms with Crippen LogP contribution in [0.25, 0.3) is 0 Å². The quantitative estimate of drug-likeness (QED) is 0.752. The first-order chi connectivity index (χ1) is 7.13. The van der Waals surface area contributed by atoms with Gasteiger partial charge in [-0.3, -0.25) is 0 Å². The average molecular weight is 212 g/mol. The van der Waals surface area contributed by atoms with Crippen molar-refractivity contribution >= 4 is 0 Å². The Hall–Kier alpha value is -0.0800. The first-order valence-corrected chi connectivity index (χ1v) is 6.55. The fraction of sp³-hybridized carbons (Fsp3) is 1.00. The van der Waals surface area contributed by atoms with Crippen molar-refractivity contribution in [2.75, 3.05) is 26.7 Å². The molecular weight excluding hydrogens is 184 g/mol. The first-order valence-electron chi connectivity index (χ1n) is 6.55. The van der Waals surface area contributed by atoms with Crippen molar-refractivity contribution < 1.29 is 0 Å². The maximum absolute atomic E-state index is 3.65. The lowest BCUT2D eigenvalue weighted by atomic mass is 9.92. The molecule has 0 aliphatic carbocycles. The second-order valence-electron chi connectivity index (χ2n) is 5.41. The summed E-state index contributed by atoms with van der Waals surface area (Å²) < 4.78 is 0. The first kappa shape index (κ1) is 13.0. The van der Waals surface area contributed by atoms with E-state index in [9.17, 15) is 0 Å². The Labute approximate surface area is 95.4 Å². The van der Waals surface area contributed by atoms with Crippen molar-refractivity contribution in [3.05, 3.63) is 0 Å². The van der Waals surface area contributed by atoms with Gasteiger partial charge in [-0.2, -0.15) is 0 Å². The molecule has 3 atom stereocenters. The van der Waals surface area contributed by atoms with Gasteiger partial charge in [0, 0.05) is 19.1 Å². The zero-order chi connectivity index (χ0) is 11.3. The van der Waals surface area contributed by atoms with Gasteiger partial charge in [0.1, 0.15) is 0 Å². The van der Waals surface area contributed by atoms with Crippen LogP contribution in [0.15, 0.2) is 0 Å². The molecule has 0 amide bonds. The van der Waals surface area contributed by atoms with E-state index in [1.165, 1.54) is 38.9 Å². The predicted molar refractivity (Wildman–Crippen MR) is 67.1 cm³/mol. The van der Waals surface area contributed by atoms with Crippen molar-refractivity contribution in [1.29, 1.82) is 0 Å². The van der Waals surface area contributed by atoms with Gasteiger partial charge in [0.25, 0.3) is 0 Å². The topological polar surface area (TPSA) is 15.3 Å². The number of nitrogens with zero attached hydrogens (tertiary/aromatic N) is 1. The van der Waals surface area contributed by atoms with Gasteiger partial charge in [-0.05, 0) is 38.3 Å². The van der Waals surface area contributed by atoms with E-state index in [4.69, 9.17) is 0 Å². The highest BCUT2D eigenvalue weighted by Crippen LogP contribution is 2.16. The highest BCUT2D eigenvalue weighted by Gasteiger charge is 2.21. The van der Waals surface area contributed by atoms with Crippen LogP contribution >= 0.6 is 0 Å². The van der Waals surface area contributed by atoms with Gasteiger partial charge < -0.3 is 10.2 Å². The molecule has 1 saturated heterocycles. The van der Waals surface area contributed by atoms with E-state index in [0.717, 1.165) is 11.8 Å². The lowest BCUT2D eigenvalue weighted by molar-refractivity contribution is 0.199. The molecule has 1 fully saturated rings. The maximum Gasteiger partial charge on any atom is 0.0220 e. The number of rotatable bonds is 5. The van der Waals surface area contributed by atoms with Gasteiger partial charge >= 0.3 is 0 Å². The van der Waals surface area contributed by atoms with Gasteiger partial charge in [-0.25, -0.2) is 0 Å². The molecule has 0 saturated carbocycles. The van der Waals surface area contributed by atoms with Crippen LogP contribution in [0.3, 0.4) is 0 Å². The molecule has 1 rings (SSSR count). The third kappa shape index (κ3) is 4.52. The van der Waals surface area contributed by atoms with Crippen LogP contribution in [0.4, 0.5) is 0 Å². The second kappa shape index (κ2) is 6.49. The minimum atomic E-state index is 0.716. The normalized spacial score (nSPS) is 29.4. The van der Waals surface area contributed by atoms with Crippen LogP contribution in [-0.4, -0.2) is 37.6 Å². The molecule has 0 aromatic carbocycles.